The summed E-state index contributed by atoms with van der Waals surface area (Å²) < 4.78 is 27.7. The van der Waals surface area contributed by atoms with Crippen molar-refractivity contribution in [3.63, 3.8) is 0 Å². The first-order valence-electron chi connectivity index (χ1n) is 10.6. The lowest BCUT2D eigenvalue weighted by Gasteiger charge is -2.14. The van der Waals surface area contributed by atoms with Gasteiger partial charge in [-0.25, -0.2) is 13.4 Å². The molecule has 1 aliphatic carbocycles. The molecule has 0 spiro atoms. The van der Waals surface area contributed by atoms with Crippen molar-refractivity contribution in [2.45, 2.75) is 50.8 Å². The number of H-pyrrole nitrogens is 1. The number of carbonyl (C=O) groups is 1. The summed E-state index contributed by atoms with van der Waals surface area (Å²) in [5.74, 6) is -0.323. The lowest BCUT2D eigenvalue weighted by molar-refractivity contribution is 0.0950. The molecule has 0 bridgehead atoms. The van der Waals surface area contributed by atoms with E-state index in [0.29, 0.717) is 52.9 Å². The van der Waals surface area contributed by atoms with E-state index < -0.39 is 10.0 Å². The van der Waals surface area contributed by atoms with E-state index in [1.165, 1.54) is 6.20 Å². The molecule has 4 rings (SSSR count). The molecule has 168 valence electrons. The molecule has 2 heterocycles. The average molecular weight is 456 g/mol. The van der Waals surface area contributed by atoms with Gasteiger partial charge in [0, 0.05) is 11.8 Å². The minimum atomic E-state index is -3.43. The van der Waals surface area contributed by atoms with Crippen LogP contribution >= 0.6 is 0 Å². The number of aryl methyl sites for hydroxylation is 1. The van der Waals surface area contributed by atoms with Crippen molar-refractivity contribution in [2.24, 2.45) is 0 Å². The van der Waals surface area contributed by atoms with Crippen molar-refractivity contribution in [3.8, 4) is 0 Å². The summed E-state index contributed by atoms with van der Waals surface area (Å²) >= 11 is 0. The molecule has 10 heteroatoms. The van der Waals surface area contributed by atoms with Crippen molar-refractivity contribution in [2.75, 3.05) is 4.72 Å². The Hall–Kier alpha value is -3.27. The Kier molecular flexibility index (Phi) is 6.22. The highest BCUT2D eigenvalue weighted by Crippen LogP contribution is 2.26. The zero-order valence-electron chi connectivity index (χ0n) is 17.7. The van der Waals surface area contributed by atoms with E-state index in [-0.39, 0.29) is 23.3 Å². The summed E-state index contributed by atoms with van der Waals surface area (Å²) in [5, 5.41) is 2.43. The van der Waals surface area contributed by atoms with Gasteiger partial charge in [0.05, 0.1) is 34.2 Å². The third-order valence-corrected chi connectivity index (χ3v) is 7.48. The Morgan fingerprint density at radius 2 is 1.97 bits per heavy atom. The minimum Gasteiger partial charge on any atom is -0.346 e. The molecule has 0 unspecified atom stereocenters. The molecule has 9 nitrogen and oxygen atoms in total. The summed E-state index contributed by atoms with van der Waals surface area (Å²) in [4.78, 5) is 35.8. The molecule has 1 amide bonds. The van der Waals surface area contributed by atoms with Gasteiger partial charge in [0.25, 0.3) is 11.5 Å². The van der Waals surface area contributed by atoms with Gasteiger partial charge in [0.15, 0.2) is 0 Å². The Balaban J connectivity index is 1.44. The summed E-state index contributed by atoms with van der Waals surface area (Å²) in [6.07, 6.45) is 5.22. The number of rotatable bonds is 7. The molecule has 1 fully saturated rings. The molecule has 1 saturated carbocycles. The molecular formula is C22H25N5O4S. The van der Waals surface area contributed by atoms with E-state index in [0.717, 1.165) is 12.8 Å². The third kappa shape index (κ3) is 4.80. The largest absolute Gasteiger partial charge is 0.346 e. The van der Waals surface area contributed by atoms with Gasteiger partial charge in [-0.1, -0.05) is 19.8 Å². The van der Waals surface area contributed by atoms with Crippen molar-refractivity contribution < 1.29 is 13.2 Å². The van der Waals surface area contributed by atoms with E-state index >= 15 is 0 Å². The van der Waals surface area contributed by atoms with E-state index in [9.17, 15) is 18.0 Å². The molecule has 32 heavy (non-hydrogen) atoms. The van der Waals surface area contributed by atoms with Gasteiger partial charge < -0.3 is 10.3 Å². The number of anilines is 1. The predicted octanol–water partition coefficient (Wildman–Crippen LogP) is 2.49. The number of benzene rings is 1. The third-order valence-electron chi connectivity index (χ3n) is 5.61. The molecule has 3 N–H and O–H groups in total. The second kappa shape index (κ2) is 9.07. The van der Waals surface area contributed by atoms with Crippen molar-refractivity contribution >= 4 is 32.7 Å². The Labute approximate surface area is 185 Å². The van der Waals surface area contributed by atoms with Gasteiger partial charge in [0.2, 0.25) is 10.0 Å². The molecule has 0 aliphatic heterocycles. The van der Waals surface area contributed by atoms with E-state index in [1.807, 2.05) is 6.92 Å². The second-order valence-electron chi connectivity index (χ2n) is 7.87. The molecule has 3 aromatic rings. The number of carbonyl (C=O) groups excluding carboxylic acids is 1. The van der Waals surface area contributed by atoms with Crippen LogP contribution in [0.4, 0.5) is 5.69 Å². The standard InChI is InChI=1S/C22H25N5O4S/c1-2-18-22(29)26-19-8-7-14(11-20(19)25-18)21(28)24-13-16-12-15(9-10-23-16)27-32(30,31)17-5-3-4-6-17/h7-12,17H,2-6,13H2,1H3,(H,23,27)(H,24,28)(H,26,29). The van der Waals surface area contributed by atoms with Crippen LogP contribution in [0, 0.1) is 0 Å². The maximum absolute atomic E-state index is 12.6. The van der Waals surface area contributed by atoms with Crippen LogP contribution in [0.1, 0.15) is 54.4 Å². The van der Waals surface area contributed by atoms with Gasteiger partial charge in [0.1, 0.15) is 5.69 Å². The Morgan fingerprint density at radius 3 is 2.72 bits per heavy atom. The first-order chi connectivity index (χ1) is 15.4. The number of hydrogen-bond donors (Lipinski definition) is 3. The van der Waals surface area contributed by atoms with Crippen LogP contribution in [0.15, 0.2) is 41.3 Å². The lowest BCUT2D eigenvalue weighted by Crippen LogP contribution is -2.26. The second-order valence-corrected chi connectivity index (χ2v) is 9.83. The molecule has 0 saturated heterocycles. The zero-order chi connectivity index (χ0) is 22.7. The van der Waals surface area contributed by atoms with Crippen molar-refractivity contribution in [1.82, 2.24) is 20.3 Å². The fourth-order valence-corrected chi connectivity index (χ4v) is 5.43. The minimum absolute atomic E-state index is 0.134. The quantitative estimate of drug-likeness (QED) is 0.501. The highest BCUT2D eigenvalue weighted by atomic mass is 32.2. The first kappa shape index (κ1) is 21.9. The van der Waals surface area contributed by atoms with Gasteiger partial charge in [-0.3, -0.25) is 19.3 Å². The lowest BCUT2D eigenvalue weighted by atomic mass is 10.1. The molecular weight excluding hydrogens is 430 g/mol. The monoisotopic (exact) mass is 455 g/mol. The van der Waals surface area contributed by atoms with Crippen LogP contribution in [-0.2, 0) is 23.0 Å². The Morgan fingerprint density at radius 1 is 1.19 bits per heavy atom. The normalized spacial score (nSPS) is 14.5. The van der Waals surface area contributed by atoms with Crippen LogP contribution in [0.25, 0.3) is 11.0 Å². The summed E-state index contributed by atoms with van der Waals surface area (Å²) in [6.45, 7) is 1.98. The van der Waals surface area contributed by atoms with Crippen LogP contribution in [-0.4, -0.2) is 34.5 Å². The van der Waals surface area contributed by atoms with Crippen LogP contribution in [0.3, 0.4) is 0 Å². The summed E-state index contributed by atoms with van der Waals surface area (Å²) in [6, 6.07) is 8.10. The number of amides is 1. The first-order valence-corrected chi connectivity index (χ1v) is 12.2. The van der Waals surface area contributed by atoms with Crippen molar-refractivity contribution in [3.05, 3.63) is 63.8 Å². The predicted molar refractivity (Wildman–Crippen MR) is 122 cm³/mol. The molecule has 0 radical (unpaired) electrons. The van der Waals surface area contributed by atoms with Crippen LogP contribution in [0.5, 0.6) is 0 Å². The molecule has 1 aliphatic rings. The number of aromatic nitrogens is 3. The Bertz CT molecular complexity index is 1310. The summed E-state index contributed by atoms with van der Waals surface area (Å²) in [7, 11) is -3.43. The van der Waals surface area contributed by atoms with Crippen molar-refractivity contribution in [1.29, 1.82) is 0 Å². The van der Waals surface area contributed by atoms with Gasteiger partial charge >= 0.3 is 0 Å². The number of nitrogens with zero attached hydrogens (tertiary/aromatic N) is 2. The van der Waals surface area contributed by atoms with Crippen LogP contribution in [0.2, 0.25) is 0 Å². The maximum Gasteiger partial charge on any atom is 0.270 e. The van der Waals surface area contributed by atoms with Gasteiger partial charge in [-0.05, 0) is 49.6 Å². The number of fused-ring (bicyclic) bond motifs is 1. The highest BCUT2D eigenvalue weighted by Gasteiger charge is 2.28. The van der Waals surface area contributed by atoms with Crippen LogP contribution < -0.4 is 15.6 Å². The zero-order valence-corrected chi connectivity index (χ0v) is 18.5. The van der Waals surface area contributed by atoms with Gasteiger partial charge in [-0.2, -0.15) is 0 Å². The smallest absolute Gasteiger partial charge is 0.270 e. The average Bonchev–Trinajstić information content (AvgIpc) is 3.33. The fraction of sp³-hybridized carbons (Fsp3) is 0.364. The van der Waals surface area contributed by atoms with E-state index in [2.05, 4.69) is 25.0 Å². The fourth-order valence-electron chi connectivity index (χ4n) is 3.86. The maximum atomic E-state index is 12.6. The number of aromatic amines is 1. The van der Waals surface area contributed by atoms with Gasteiger partial charge in [-0.15, -0.1) is 0 Å². The molecule has 0 atom stereocenters. The topological polar surface area (TPSA) is 134 Å². The number of pyridine rings is 1. The van der Waals surface area contributed by atoms with E-state index in [1.54, 1.807) is 30.3 Å². The van der Waals surface area contributed by atoms with E-state index in [4.69, 9.17) is 0 Å². The highest BCUT2D eigenvalue weighted by molar-refractivity contribution is 7.93. The SMILES string of the molecule is CCc1nc2cc(C(=O)NCc3cc(NS(=O)(=O)C4CCCC4)ccn3)ccc2[nH]c1=O. The number of nitrogens with one attached hydrogen (secondary N) is 3. The number of hydrogen-bond acceptors (Lipinski definition) is 6. The molecule has 1 aromatic carbocycles. The number of sulfonamides is 1. The molecule has 2 aromatic heterocycles. The summed E-state index contributed by atoms with van der Waals surface area (Å²) in [5.41, 5.74) is 2.65.